The third-order valence-corrected chi connectivity index (χ3v) is 2.01. The van der Waals surface area contributed by atoms with Gasteiger partial charge in [0.25, 0.3) is 0 Å². The Morgan fingerprint density at radius 3 is 2.35 bits per heavy atom. The van der Waals surface area contributed by atoms with Crippen molar-refractivity contribution in [3.8, 4) is 0 Å². The first-order valence-corrected chi connectivity index (χ1v) is 4.74. The quantitative estimate of drug-likeness (QED) is 0.788. The molecule has 1 aliphatic heterocycles. The summed E-state index contributed by atoms with van der Waals surface area (Å²) in [6.07, 6.45) is -3.31. The van der Waals surface area contributed by atoms with Crippen molar-refractivity contribution in [2.24, 2.45) is 0 Å². The highest BCUT2D eigenvalue weighted by Gasteiger charge is 2.38. The van der Waals surface area contributed by atoms with Gasteiger partial charge in [0, 0.05) is 13.1 Å². The van der Waals surface area contributed by atoms with E-state index in [1.807, 2.05) is 6.92 Å². The molecule has 0 atom stereocenters. The first kappa shape index (κ1) is 13.5. The molecule has 0 saturated carbocycles. The van der Waals surface area contributed by atoms with Crippen molar-refractivity contribution in [2.75, 3.05) is 13.1 Å². The number of carboxylic acids is 1. The summed E-state index contributed by atoms with van der Waals surface area (Å²) in [5.74, 6) is -0.445. The summed E-state index contributed by atoms with van der Waals surface area (Å²) in [6.45, 7) is 3.95. The Labute approximate surface area is 94.6 Å². The molecule has 2 heterocycles. The van der Waals surface area contributed by atoms with Gasteiger partial charge in [-0.15, -0.1) is 0 Å². The normalized spacial score (nSPS) is 15.8. The van der Waals surface area contributed by atoms with Gasteiger partial charge in [-0.25, -0.2) is 9.78 Å². The highest BCUT2D eigenvalue weighted by atomic mass is 19.4. The second kappa shape index (κ2) is 5.17. The number of aromatic nitrogens is 1. The molecule has 0 aliphatic carbocycles. The minimum Gasteiger partial charge on any atom is -0.475 e. The molecule has 1 aromatic heterocycles. The lowest BCUT2D eigenvalue weighted by Gasteiger charge is -2.23. The van der Waals surface area contributed by atoms with Gasteiger partial charge >= 0.3 is 12.1 Å². The van der Waals surface area contributed by atoms with Crippen molar-refractivity contribution in [2.45, 2.75) is 19.0 Å². The third kappa shape index (κ3) is 4.06. The molecule has 96 valence electrons. The number of alkyl halides is 3. The lowest BCUT2D eigenvalue weighted by atomic mass is 10.0. The van der Waals surface area contributed by atoms with E-state index in [4.69, 9.17) is 14.3 Å². The van der Waals surface area contributed by atoms with Crippen LogP contribution in [0.2, 0.25) is 0 Å². The van der Waals surface area contributed by atoms with Crippen LogP contribution in [0, 0.1) is 6.92 Å². The van der Waals surface area contributed by atoms with Crippen molar-refractivity contribution >= 4 is 5.97 Å². The van der Waals surface area contributed by atoms with Crippen molar-refractivity contribution in [3.05, 3.63) is 17.8 Å². The number of carbonyl (C=O) groups is 1. The van der Waals surface area contributed by atoms with Crippen LogP contribution in [-0.4, -0.2) is 35.3 Å². The van der Waals surface area contributed by atoms with E-state index in [2.05, 4.69) is 10.3 Å². The molecular weight excluding hydrogens is 241 g/mol. The van der Waals surface area contributed by atoms with E-state index in [9.17, 15) is 13.2 Å². The van der Waals surface area contributed by atoms with Gasteiger partial charge in [-0.05, 0) is 6.92 Å². The number of carboxylic acid groups (broad SMARTS) is 1. The maximum atomic E-state index is 10.6. The fraction of sp³-hybridized carbons (Fsp3) is 0.556. The molecule has 1 aromatic rings. The van der Waals surface area contributed by atoms with E-state index >= 15 is 0 Å². The van der Waals surface area contributed by atoms with Crippen LogP contribution in [-0.2, 0) is 4.79 Å². The molecule has 0 aromatic carbocycles. The summed E-state index contributed by atoms with van der Waals surface area (Å²) in [7, 11) is 0. The molecule has 5 nitrogen and oxygen atoms in total. The minimum absolute atomic E-state index is 0.522. The average molecular weight is 252 g/mol. The molecule has 0 amide bonds. The maximum Gasteiger partial charge on any atom is 0.490 e. The Morgan fingerprint density at radius 2 is 2.12 bits per heavy atom. The van der Waals surface area contributed by atoms with Gasteiger partial charge in [-0.3, -0.25) is 0 Å². The van der Waals surface area contributed by atoms with Gasteiger partial charge < -0.3 is 14.8 Å². The van der Waals surface area contributed by atoms with Crippen molar-refractivity contribution in [3.63, 3.8) is 0 Å². The van der Waals surface area contributed by atoms with E-state index in [1.54, 1.807) is 6.20 Å². The topological polar surface area (TPSA) is 75.4 Å². The molecule has 0 spiro atoms. The number of nitrogens with zero attached hydrogens (tertiary/aromatic N) is 1. The minimum atomic E-state index is -5.08. The molecular formula is C9H11F3N2O3. The highest BCUT2D eigenvalue weighted by Crippen LogP contribution is 2.18. The number of rotatable bonds is 1. The highest BCUT2D eigenvalue weighted by molar-refractivity contribution is 5.73. The summed E-state index contributed by atoms with van der Waals surface area (Å²) in [4.78, 5) is 13.0. The number of oxazole rings is 1. The van der Waals surface area contributed by atoms with Crippen LogP contribution < -0.4 is 5.32 Å². The number of nitrogens with one attached hydrogen (secondary N) is 1. The molecule has 8 heteroatoms. The number of halogens is 3. The van der Waals surface area contributed by atoms with Crippen LogP contribution in [0.4, 0.5) is 13.2 Å². The zero-order valence-corrected chi connectivity index (χ0v) is 8.91. The first-order chi connectivity index (χ1) is 7.80. The van der Waals surface area contributed by atoms with E-state index in [0.717, 1.165) is 24.7 Å². The molecule has 2 rings (SSSR count). The number of hydrogen-bond donors (Lipinski definition) is 2. The predicted octanol–water partition coefficient (Wildman–Crippen LogP) is 1.30. The molecule has 2 N–H and O–H groups in total. The second-order valence-corrected chi connectivity index (χ2v) is 3.47. The number of hydrogen-bond acceptors (Lipinski definition) is 4. The van der Waals surface area contributed by atoms with E-state index in [1.165, 1.54) is 0 Å². The standard InChI is InChI=1S/C7H10N2O.C2HF3O2/c1-5-2-9-7(10-5)6-3-8-4-6;3-2(4,5)1(6)7/h2,6,8H,3-4H2,1H3;(H,6,7). The van der Waals surface area contributed by atoms with Crippen molar-refractivity contribution < 1.29 is 27.5 Å². The lowest BCUT2D eigenvalue weighted by Crippen LogP contribution is -2.40. The van der Waals surface area contributed by atoms with Crippen molar-refractivity contribution in [1.29, 1.82) is 0 Å². The van der Waals surface area contributed by atoms with Gasteiger partial charge in [0.1, 0.15) is 5.76 Å². The van der Waals surface area contributed by atoms with Crippen LogP contribution >= 0.6 is 0 Å². The first-order valence-electron chi connectivity index (χ1n) is 4.74. The monoisotopic (exact) mass is 252 g/mol. The zero-order chi connectivity index (χ0) is 13.1. The smallest absolute Gasteiger partial charge is 0.475 e. The van der Waals surface area contributed by atoms with E-state index in [0.29, 0.717) is 5.92 Å². The Kier molecular flexibility index (Phi) is 4.11. The fourth-order valence-corrected chi connectivity index (χ4v) is 1.02. The summed E-state index contributed by atoms with van der Waals surface area (Å²) >= 11 is 0. The summed E-state index contributed by atoms with van der Waals surface area (Å²) in [5, 5.41) is 10.3. The van der Waals surface area contributed by atoms with Gasteiger partial charge in [-0.2, -0.15) is 13.2 Å². The molecule has 0 bridgehead atoms. The predicted molar refractivity (Wildman–Crippen MR) is 50.5 cm³/mol. The fourth-order valence-electron chi connectivity index (χ4n) is 1.02. The van der Waals surface area contributed by atoms with Crippen LogP contribution in [0.15, 0.2) is 10.6 Å². The van der Waals surface area contributed by atoms with Gasteiger partial charge in [0.2, 0.25) is 0 Å². The van der Waals surface area contributed by atoms with Gasteiger partial charge in [-0.1, -0.05) is 0 Å². The molecule has 1 fully saturated rings. The molecule has 1 aliphatic rings. The molecule has 1 saturated heterocycles. The van der Waals surface area contributed by atoms with Gasteiger partial charge in [0.15, 0.2) is 5.89 Å². The maximum absolute atomic E-state index is 10.6. The summed E-state index contributed by atoms with van der Waals surface area (Å²) < 4.78 is 37.1. The van der Waals surface area contributed by atoms with Crippen molar-refractivity contribution in [1.82, 2.24) is 10.3 Å². The largest absolute Gasteiger partial charge is 0.490 e. The Balaban J connectivity index is 0.000000185. The van der Waals surface area contributed by atoms with Gasteiger partial charge in [0.05, 0.1) is 12.1 Å². The number of aliphatic carboxylic acids is 1. The lowest BCUT2D eigenvalue weighted by molar-refractivity contribution is -0.192. The van der Waals surface area contributed by atoms with E-state index in [-0.39, 0.29) is 0 Å². The van der Waals surface area contributed by atoms with Crippen LogP contribution in [0.25, 0.3) is 0 Å². The van der Waals surface area contributed by atoms with E-state index < -0.39 is 12.1 Å². The molecule has 0 unspecified atom stereocenters. The molecule has 0 radical (unpaired) electrons. The zero-order valence-electron chi connectivity index (χ0n) is 8.91. The molecule has 17 heavy (non-hydrogen) atoms. The Morgan fingerprint density at radius 1 is 1.59 bits per heavy atom. The SMILES string of the molecule is Cc1cnc(C2CNC2)o1.O=C(O)C(F)(F)F. The second-order valence-electron chi connectivity index (χ2n) is 3.47. The van der Waals surface area contributed by atoms with Crippen LogP contribution in [0.1, 0.15) is 17.6 Å². The summed E-state index contributed by atoms with van der Waals surface area (Å²) in [6, 6.07) is 0. The van der Waals surface area contributed by atoms with Crippen LogP contribution in [0.5, 0.6) is 0 Å². The Bertz CT molecular complexity index is 385. The summed E-state index contributed by atoms with van der Waals surface area (Å²) in [5.41, 5.74) is 0. The van der Waals surface area contributed by atoms with Crippen LogP contribution in [0.3, 0.4) is 0 Å². The Hall–Kier alpha value is -1.57. The average Bonchev–Trinajstić information content (AvgIpc) is 2.48. The number of aryl methyl sites for hydroxylation is 1. The third-order valence-electron chi connectivity index (χ3n) is 2.01.